The minimum atomic E-state index is -1.83. The largest absolute Gasteiger partial charge is 0.477 e. The van der Waals surface area contributed by atoms with Crippen LogP contribution < -0.4 is 4.74 Å². The quantitative estimate of drug-likeness (QED) is 0.231. The highest BCUT2D eigenvalue weighted by Gasteiger charge is 2.41. The van der Waals surface area contributed by atoms with Crippen LogP contribution in [0.15, 0.2) is 17.4 Å². The molecule has 0 aromatic carbocycles. The number of hydrogen-bond acceptors (Lipinski definition) is 5. The summed E-state index contributed by atoms with van der Waals surface area (Å²) in [4.78, 5) is 13.7. The van der Waals surface area contributed by atoms with Crippen LogP contribution in [0.4, 0.5) is 0 Å². The van der Waals surface area contributed by atoms with E-state index in [0.717, 1.165) is 22.7 Å². The predicted octanol–water partition coefficient (Wildman–Crippen LogP) is 6.11. The van der Waals surface area contributed by atoms with E-state index in [4.69, 9.17) is 4.74 Å². The van der Waals surface area contributed by atoms with Crippen LogP contribution in [-0.4, -0.2) is 35.9 Å². The van der Waals surface area contributed by atoms with Gasteiger partial charge in [0.05, 0.1) is 12.0 Å². The molecule has 2 aromatic heterocycles. The summed E-state index contributed by atoms with van der Waals surface area (Å²) in [6.45, 7) is 14.8. The number of fused-ring (bicyclic) bond motifs is 1. The summed E-state index contributed by atoms with van der Waals surface area (Å²) in [5.41, 5.74) is 7.20. The average Bonchev–Trinajstić information content (AvgIpc) is 3.49. The van der Waals surface area contributed by atoms with Gasteiger partial charge >= 0.3 is 0 Å². The number of nitrogens with zero attached hydrogens (tertiary/aromatic N) is 3. The number of ether oxygens (including phenoxy) is 1. The van der Waals surface area contributed by atoms with Crippen LogP contribution in [0.25, 0.3) is 11.0 Å². The number of aromatic nitrogens is 3. The fraction of sp³-hybridized carbons (Fsp3) is 0.609. The Balaban J connectivity index is 2.10. The van der Waals surface area contributed by atoms with Gasteiger partial charge in [-0.25, -0.2) is 9.97 Å². The van der Waals surface area contributed by atoms with Gasteiger partial charge in [-0.15, -0.1) is 5.54 Å². The molecule has 1 aliphatic carbocycles. The Morgan fingerprint density at radius 1 is 1.10 bits per heavy atom. The fourth-order valence-corrected chi connectivity index (χ4v) is 9.90. The molecule has 0 radical (unpaired) electrons. The van der Waals surface area contributed by atoms with E-state index in [2.05, 4.69) is 68.0 Å². The van der Waals surface area contributed by atoms with Gasteiger partial charge in [-0.1, -0.05) is 59.2 Å². The topological polar surface area (TPSA) is 47.9 Å². The van der Waals surface area contributed by atoms with Gasteiger partial charge in [-0.05, 0) is 41.6 Å². The maximum atomic E-state index is 5.99. The Morgan fingerprint density at radius 2 is 1.76 bits per heavy atom. The first-order valence-corrected chi connectivity index (χ1v) is 14.1. The Morgan fingerprint density at radius 3 is 2.31 bits per heavy atom. The number of pyridine rings is 1. The first-order valence-electron chi connectivity index (χ1n) is 10.7. The number of rotatable bonds is 7. The summed E-state index contributed by atoms with van der Waals surface area (Å²) in [7, 11) is -1.83. The van der Waals surface area contributed by atoms with Gasteiger partial charge in [0.15, 0.2) is 10.8 Å². The second-order valence-corrected chi connectivity index (χ2v) is 15.4. The predicted molar refractivity (Wildman–Crippen MR) is 125 cm³/mol. The normalized spacial score (nSPS) is 14.6. The lowest BCUT2D eigenvalue weighted by Gasteiger charge is -2.38. The molecule has 0 N–H and O–H groups in total. The highest BCUT2D eigenvalue weighted by atomic mass is 32.2. The summed E-state index contributed by atoms with van der Waals surface area (Å²) in [5, 5.41) is 1.63. The second kappa shape index (κ2) is 9.05. The van der Waals surface area contributed by atoms with E-state index in [-0.39, 0.29) is 0 Å². The standard InChI is InChI=1S/C23H33N3OSSi/c1-15(2)29(16(3)4,17(5)6)11-10-19-12-21(27-14-18-8-9-18)25-22-20(19)13-24-23(26-22)28-7/h12-13,15-18H,8-9,14H2,1-7H3. The SMILES string of the molecule is CSc1ncc2c(C#C[Si](C(C)C)(C(C)C)C(C)C)cc(OCC3CC3)nc2n1. The molecule has 1 aliphatic rings. The second-order valence-electron chi connectivity index (χ2n) is 9.00. The molecule has 0 saturated heterocycles. The minimum Gasteiger partial charge on any atom is -0.477 e. The molecule has 0 spiro atoms. The molecule has 3 rings (SSSR count). The van der Waals surface area contributed by atoms with Crippen molar-refractivity contribution in [3.8, 4) is 17.3 Å². The molecule has 0 amide bonds. The van der Waals surface area contributed by atoms with Crippen LogP contribution in [0.1, 0.15) is 59.9 Å². The zero-order valence-corrected chi connectivity index (χ0v) is 20.6. The van der Waals surface area contributed by atoms with Crippen LogP contribution in [0, 0.1) is 17.4 Å². The highest BCUT2D eigenvalue weighted by Crippen LogP contribution is 2.41. The molecule has 0 unspecified atom stereocenters. The van der Waals surface area contributed by atoms with Crippen molar-refractivity contribution in [1.29, 1.82) is 0 Å². The van der Waals surface area contributed by atoms with E-state index in [0.29, 0.717) is 34.1 Å². The lowest BCUT2D eigenvalue weighted by atomic mass is 10.2. The van der Waals surface area contributed by atoms with Crippen molar-refractivity contribution in [2.75, 3.05) is 12.9 Å². The monoisotopic (exact) mass is 427 g/mol. The molecule has 4 nitrogen and oxygen atoms in total. The third kappa shape index (κ3) is 4.78. The fourth-order valence-electron chi connectivity index (χ4n) is 4.34. The van der Waals surface area contributed by atoms with Gasteiger partial charge in [0, 0.05) is 17.8 Å². The minimum absolute atomic E-state index is 0.591. The summed E-state index contributed by atoms with van der Waals surface area (Å²) in [6.07, 6.45) is 6.34. The van der Waals surface area contributed by atoms with Crippen molar-refractivity contribution < 1.29 is 4.74 Å². The first kappa shape index (κ1) is 22.1. The molecular weight excluding hydrogens is 394 g/mol. The Kier molecular flexibility index (Phi) is 6.90. The van der Waals surface area contributed by atoms with E-state index in [1.807, 2.05) is 18.5 Å². The zero-order valence-electron chi connectivity index (χ0n) is 18.7. The van der Waals surface area contributed by atoms with Crippen molar-refractivity contribution in [2.45, 2.75) is 76.2 Å². The molecule has 0 aliphatic heterocycles. The number of hydrogen-bond donors (Lipinski definition) is 0. The molecule has 156 valence electrons. The summed E-state index contributed by atoms with van der Waals surface area (Å²) >= 11 is 1.52. The Labute approximate surface area is 180 Å². The molecule has 29 heavy (non-hydrogen) atoms. The maximum absolute atomic E-state index is 5.99. The molecule has 1 saturated carbocycles. The third-order valence-electron chi connectivity index (χ3n) is 6.15. The van der Waals surface area contributed by atoms with E-state index >= 15 is 0 Å². The van der Waals surface area contributed by atoms with E-state index in [9.17, 15) is 0 Å². The lowest BCUT2D eigenvalue weighted by molar-refractivity contribution is 0.289. The summed E-state index contributed by atoms with van der Waals surface area (Å²) in [6, 6.07) is 1.99. The van der Waals surface area contributed by atoms with Crippen LogP contribution in [-0.2, 0) is 0 Å². The molecule has 2 heterocycles. The highest BCUT2D eigenvalue weighted by molar-refractivity contribution is 7.98. The molecular formula is C23H33N3OSSi. The average molecular weight is 428 g/mol. The summed E-state index contributed by atoms with van der Waals surface area (Å²) < 4.78 is 5.99. The van der Waals surface area contributed by atoms with E-state index in [1.54, 1.807) is 0 Å². The smallest absolute Gasteiger partial charge is 0.216 e. The third-order valence-corrected chi connectivity index (χ3v) is 13.0. The Hall–Kier alpha value is -1.58. The van der Waals surface area contributed by atoms with Gasteiger partial charge in [0.25, 0.3) is 0 Å². The van der Waals surface area contributed by atoms with E-state index < -0.39 is 8.07 Å². The molecule has 1 fully saturated rings. The molecule has 2 aromatic rings. The van der Waals surface area contributed by atoms with Gasteiger partial charge in [-0.2, -0.15) is 4.98 Å². The Bertz CT molecular complexity index is 907. The first-order chi connectivity index (χ1) is 13.8. The van der Waals surface area contributed by atoms with Gasteiger partial charge in [0.2, 0.25) is 5.88 Å². The van der Waals surface area contributed by atoms with Crippen LogP contribution in [0.5, 0.6) is 5.88 Å². The van der Waals surface area contributed by atoms with Gasteiger partial charge in [-0.3, -0.25) is 0 Å². The number of thioether (sulfide) groups is 1. The summed E-state index contributed by atoms with van der Waals surface area (Å²) in [5.74, 6) is 4.87. The van der Waals surface area contributed by atoms with Crippen LogP contribution in [0.2, 0.25) is 16.6 Å². The molecule has 6 heteroatoms. The van der Waals surface area contributed by atoms with Crippen molar-refractivity contribution in [1.82, 2.24) is 15.0 Å². The van der Waals surface area contributed by atoms with E-state index in [1.165, 1.54) is 24.6 Å². The molecule has 0 bridgehead atoms. The van der Waals surface area contributed by atoms with Crippen LogP contribution in [0.3, 0.4) is 0 Å². The molecule has 0 atom stereocenters. The zero-order chi connectivity index (χ0) is 21.2. The maximum Gasteiger partial charge on any atom is 0.216 e. The van der Waals surface area contributed by atoms with Crippen molar-refractivity contribution in [2.24, 2.45) is 5.92 Å². The van der Waals surface area contributed by atoms with Crippen molar-refractivity contribution >= 4 is 30.9 Å². The van der Waals surface area contributed by atoms with Crippen molar-refractivity contribution in [3.05, 3.63) is 17.8 Å². The van der Waals surface area contributed by atoms with Gasteiger partial charge < -0.3 is 4.74 Å². The van der Waals surface area contributed by atoms with Crippen LogP contribution >= 0.6 is 11.8 Å². The van der Waals surface area contributed by atoms with Gasteiger partial charge in [0.1, 0.15) is 8.07 Å². The van der Waals surface area contributed by atoms with Crippen molar-refractivity contribution in [3.63, 3.8) is 0 Å². The lowest BCUT2D eigenvalue weighted by Crippen LogP contribution is -2.43.